The maximum atomic E-state index is 12.9. The third-order valence-corrected chi connectivity index (χ3v) is 7.21. The number of imide groups is 1. The Bertz CT molecular complexity index is 1400. The predicted molar refractivity (Wildman–Crippen MR) is 146 cm³/mol. The standard InChI is InChI=1S/C29H28N2O6S/c1-2-36-25-16-20(8-10-24(25)37-19-21-7-9-22-5-3-4-6-23(22)15-21)17-26-28(33)31(29(34)38-26)18-27(32)30-11-13-35-14-12-30/h3-10,15-17H,2,11-14,18-19H2,1H3/b26-17-. The Morgan fingerprint density at radius 2 is 1.76 bits per heavy atom. The van der Waals surface area contributed by atoms with Crippen LogP contribution in [0.25, 0.3) is 16.8 Å². The summed E-state index contributed by atoms with van der Waals surface area (Å²) >= 11 is 0.828. The van der Waals surface area contributed by atoms with Crippen LogP contribution in [0.1, 0.15) is 18.1 Å². The molecule has 0 unspecified atom stereocenters. The Morgan fingerprint density at radius 3 is 2.55 bits per heavy atom. The predicted octanol–water partition coefficient (Wildman–Crippen LogP) is 4.71. The summed E-state index contributed by atoms with van der Waals surface area (Å²) in [5, 5.41) is 1.86. The molecule has 0 bridgehead atoms. The summed E-state index contributed by atoms with van der Waals surface area (Å²) in [5.74, 6) is 0.393. The number of hydrogen-bond acceptors (Lipinski definition) is 7. The van der Waals surface area contributed by atoms with Crippen molar-refractivity contribution in [3.05, 3.63) is 76.7 Å². The SMILES string of the molecule is CCOc1cc(/C=C2\SC(=O)N(CC(=O)N3CCOCC3)C2=O)ccc1OCc1ccc2ccccc2c1. The number of fused-ring (bicyclic) bond motifs is 1. The molecule has 38 heavy (non-hydrogen) atoms. The Hall–Kier alpha value is -3.82. The number of nitrogens with zero attached hydrogens (tertiary/aromatic N) is 2. The van der Waals surface area contributed by atoms with E-state index in [-0.39, 0.29) is 17.4 Å². The number of thioether (sulfide) groups is 1. The summed E-state index contributed by atoms with van der Waals surface area (Å²) in [4.78, 5) is 40.9. The summed E-state index contributed by atoms with van der Waals surface area (Å²) in [7, 11) is 0. The highest BCUT2D eigenvalue weighted by atomic mass is 32.2. The normalized spacial score (nSPS) is 16.9. The van der Waals surface area contributed by atoms with Crippen molar-refractivity contribution in [2.45, 2.75) is 13.5 Å². The second kappa shape index (κ2) is 11.7. The molecule has 196 valence electrons. The van der Waals surface area contributed by atoms with Gasteiger partial charge in [-0.25, -0.2) is 0 Å². The van der Waals surface area contributed by atoms with E-state index in [2.05, 4.69) is 24.3 Å². The summed E-state index contributed by atoms with van der Waals surface area (Å²) < 4.78 is 17.1. The van der Waals surface area contributed by atoms with Crippen LogP contribution in [0.5, 0.6) is 11.5 Å². The number of benzene rings is 3. The summed E-state index contributed by atoms with van der Waals surface area (Å²) in [5.41, 5.74) is 1.73. The minimum atomic E-state index is -0.476. The van der Waals surface area contributed by atoms with Gasteiger partial charge in [-0.2, -0.15) is 0 Å². The average Bonchev–Trinajstić information content (AvgIpc) is 3.20. The molecule has 0 radical (unpaired) electrons. The highest BCUT2D eigenvalue weighted by Gasteiger charge is 2.37. The number of morpholine rings is 1. The molecule has 0 N–H and O–H groups in total. The minimum Gasteiger partial charge on any atom is -0.490 e. The van der Waals surface area contributed by atoms with Gasteiger partial charge in [0.15, 0.2) is 11.5 Å². The van der Waals surface area contributed by atoms with Crippen LogP contribution >= 0.6 is 11.8 Å². The molecule has 0 aromatic heterocycles. The van der Waals surface area contributed by atoms with Gasteiger partial charge in [0, 0.05) is 13.1 Å². The van der Waals surface area contributed by atoms with Gasteiger partial charge in [-0.15, -0.1) is 0 Å². The fraction of sp³-hybridized carbons (Fsp3) is 0.276. The van der Waals surface area contributed by atoms with Crippen LogP contribution in [0.2, 0.25) is 0 Å². The lowest BCUT2D eigenvalue weighted by molar-refractivity contribution is -0.139. The lowest BCUT2D eigenvalue weighted by Crippen LogP contribution is -2.46. The van der Waals surface area contributed by atoms with Crippen molar-refractivity contribution in [1.29, 1.82) is 0 Å². The zero-order chi connectivity index (χ0) is 26.5. The maximum absolute atomic E-state index is 12.9. The smallest absolute Gasteiger partial charge is 0.294 e. The molecule has 2 fully saturated rings. The van der Waals surface area contributed by atoms with E-state index in [4.69, 9.17) is 14.2 Å². The van der Waals surface area contributed by atoms with Crippen LogP contribution < -0.4 is 9.47 Å². The molecule has 0 saturated carbocycles. The van der Waals surface area contributed by atoms with Gasteiger partial charge in [-0.3, -0.25) is 19.3 Å². The molecular formula is C29H28N2O6S. The van der Waals surface area contributed by atoms with Crippen LogP contribution in [0.4, 0.5) is 4.79 Å². The molecule has 3 aromatic rings. The van der Waals surface area contributed by atoms with E-state index < -0.39 is 11.1 Å². The first kappa shape index (κ1) is 25.8. The molecule has 3 amide bonds. The zero-order valence-electron chi connectivity index (χ0n) is 21.1. The van der Waals surface area contributed by atoms with Crippen molar-refractivity contribution in [3.63, 3.8) is 0 Å². The number of hydrogen-bond donors (Lipinski definition) is 0. The average molecular weight is 533 g/mol. The molecule has 8 nitrogen and oxygen atoms in total. The monoisotopic (exact) mass is 532 g/mol. The van der Waals surface area contributed by atoms with E-state index in [0.717, 1.165) is 27.6 Å². The lowest BCUT2D eigenvalue weighted by Gasteiger charge is -2.28. The Kier molecular flexibility index (Phi) is 7.95. The number of carbonyl (C=O) groups is 3. The first-order chi connectivity index (χ1) is 18.5. The van der Waals surface area contributed by atoms with Crippen LogP contribution in [0.15, 0.2) is 65.6 Å². The number of carbonyl (C=O) groups excluding carboxylic acids is 3. The Labute approximate surface area is 225 Å². The second-order valence-corrected chi connectivity index (χ2v) is 9.86. The first-order valence-electron chi connectivity index (χ1n) is 12.5. The molecule has 0 aliphatic carbocycles. The summed E-state index contributed by atoms with van der Waals surface area (Å²) in [6, 6.07) is 19.8. The highest BCUT2D eigenvalue weighted by molar-refractivity contribution is 8.18. The third kappa shape index (κ3) is 5.84. The molecule has 2 aliphatic rings. The third-order valence-electron chi connectivity index (χ3n) is 6.30. The van der Waals surface area contributed by atoms with Crippen LogP contribution in [-0.2, 0) is 20.9 Å². The van der Waals surface area contributed by atoms with E-state index in [1.165, 1.54) is 5.39 Å². The number of amides is 3. The summed E-state index contributed by atoms with van der Waals surface area (Å²) in [6.45, 7) is 4.26. The minimum absolute atomic E-state index is 0.261. The summed E-state index contributed by atoms with van der Waals surface area (Å²) in [6.07, 6.45) is 1.64. The van der Waals surface area contributed by atoms with Gasteiger partial charge in [0.2, 0.25) is 5.91 Å². The Morgan fingerprint density at radius 1 is 0.974 bits per heavy atom. The zero-order valence-corrected chi connectivity index (χ0v) is 21.9. The molecule has 2 aliphatic heterocycles. The first-order valence-corrected chi connectivity index (χ1v) is 13.3. The quantitative estimate of drug-likeness (QED) is 0.389. The number of ether oxygens (including phenoxy) is 3. The molecule has 3 aromatic carbocycles. The molecule has 5 rings (SSSR count). The second-order valence-electron chi connectivity index (χ2n) is 8.87. The van der Waals surface area contributed by atoms with Crippen LogP contribution in [0.3, 0.4) is 0 Å². The van der Waals surface area contributed by atoms with Crippen molar-refractivity contribution in [2.75, 3.05) is 39.5 Å². The molecular weight excluding hydrogens is 504 g/mol. The van der Waals surface area contributed by atoms with Gasteiger partial charge in [-0.1, -0.05) is 42.5 Å². The lowest BCUT2D eigenvalue weighted by atomic mass is 10.1. The maximum Gasteiger partial charge on any atom is 0.294 e. The van der Waals surface area contributed by atoms with Crippen molar-refractivity contribution >= 4 is 45.7 Å². The topological polar surface area (TPSA) is 85.4 Å². The highest BCUT2D eigenvalue weighted by Crippen LogP contribution is 2.35. The van der Waals surface area contributed by atoms with Crippen molar-refractivity contribution in [1.82, 2.24) is 9.80 Å². The van der Waals surface area contributed by atoms with Gasteiger partial charge >= 0.3 is 0 Å². The van der Waals surface area contributed by atoms with Gasteiger partial charge in [0.1, 0.15) is 13.2 Å². The molecule has 2 saturated heterocycles. The van der Waals surface area contributed by atoms with Crippen molar-refractivity contribution < 1.29 is 28.6 Å². The number of rotatable bonds is 8. The molecule has 9 heteroatoms. The fourth-order valence-corrected chi connectivity index (χ4v) is 5.17. The van der Waals surface area contributed by atoms with Gasteiger partial charge in [-0.05, 0) is 64.9 Å². The van der Waals surface area contributed by atoms with Gasteiger partial charge in [0.05, 0.1) is 24.7 Å². The van der Waals surface area contributed by atoms with Gasteiger partial charge in [0.25, 0.3) is 11.1 Å². The fourth-order valence-electron chi connectivity index (χ4n) is 4.33. The largest absolute Gasteiger partial charge is 0.490 e. The van der Waals surface area contributed by atoms with Crippen molar-refractivity contribution in [3.8, 4) is 11.5 Å². The van der Waals surface area contributed by atoms with E-state index in [1.807, 2.05) is 31.2 Å². The van der Waals surface area contributed by atoms with E-state index >= 15 is 0 Å². The molecule has 0 spiro atoms. The van der Waals surface area contributed by atoms with E-state index in [9.17, 15) is 14.4 Å². The van der Waals surface area contributed by atoms with E-state index in [1.54, 1.807) is 23.1 Å². The van der Waals surface area contributed by atoms with E-state index in [0.29, 0.717) is 56.6 Å². The molecule has 2 heterocycles. The van der Waals surface area contributed by atoms with Crippen LogP contribution in [-0.4, -0.2) is 66.3 Å². The van der Waals surface area contributed by atoms with Gasteiger partial charge < -0.3 is 19.1 Å². The Balaban J connectivity index is 1.28. The molecule has 0 atom stereocenters. The van der Waals surface area contributed by atoms with Crippen molar-refractivity contribution in [2.24, 2.45) is 0 Å². The van der Waals surface area contributed by atoms with Crippen LogP contribution in [0, 0.1) is 0 Å².